The van der Waals surface area contributed by atoms with E-state index in [1.807, 2.05) is 0 Å². The molecule has 0 bridgehead atoms. The average molecular weight is 327 g/mol. The van der Waals surface area contributed by atoms with Gasteiger partial charge in [0.2, 0.25) is 0 Å². The van der Waals surface area contributed by atoms with Crippen LogP contribution in [0, 0.1) is 5.82 Å². The Morgan fingerprint density at radius 3 is 1.96 bits per heavy atom. The minimum absolute atomic E-state index is 0.190. The first kappa shape index (κ1) is 15.9. The maximum absolute atomic E-state index is 13.0. The van der Waals surface area contributed by atoms with Gasteiger partial charge in [0.05, 0.1) is 16.5 Å². The zero-order chi connectivity index (χ0) is 17.5. The number of carbonyl (C=O) groups excluding carboxylic acids is 3. The van der Waals surface area contributed by atoms with Crippen molar-refractivity contribution in [2.45, 2.75) is 19.3 Å². The normalized spacial score (nSPS) is 13.9. The van der Waals surface area contributed by atoms with E-state index in [1.165, 1.54) is 36.4 Å². The van der Waals surface area contributed by atoms with E-state index in [9.17, 15) is 18.8 Å². The van der Waals surface area contributed by atoms with Crippen LogP contribution in [0.4, 0.5) is 4.39 Å². The topological polar surface area (TPSA) is 63.7 Å². The molecule has 5 nitrogen and oxygen atoms in total. The van der Waals surface area contributed by atoms with Gasteiger partial charge in [-0.1, -0.05) is 29.3 Å². The monoisotopic (exact) mass is 327 g/mol. The third-order valence-corrected chi connectivity index (χ3v) is 4.01. The molecule has 0 saturated carbocycles. The van der Waals surface area contributed by atoms with Gasteiger partial charge in [0.1, 0.15) is 5.82 Å². The molecular weight excluding hydrogens is 313 g/mol. The standard InChI is InChI=1S/C18H14FNO4/c1-18(2,11-7-9-12(19)10-8-11)17(23)24-20-15(21)13-5-3-4-6-14(13)16(20)22/h3-10H,1-2H3. The van der Waals surface area contributed by atoms with E-state index in [0.717, 1.165) is 0 Å². The summed E-state index contributed by atoms with van der Waals surface area (Å²) in [7, 11) is 0. The van der Waals surface area contributed by atoms with Gasteiger partial charge in [0.15, 0.2) is 0 Å². The van der Waals surface area contributed by atoms with E-state index in [0.29, 0.717) is 10.6 Å². The molecule has 0 aliphatic carbocycles. The minimum atomic E-state index is -1.16. The van der Waals surface area contributed by atoms with Crippen molar-refractivity contribution in [3.8, 4) is 0 Å². The Hall–Kier alpha value is -3.02. The summed E-state index contributed by atoms with van der Waals surface area (Å²) in [4.78, 5) is 42.0. The molecule has 3 rings (SSSR count). The SMILES string of the molecule is CC(C)(C(=O)ON1C(=O)c2ccccc2C1=O)c1ccc(F)cc1. The highest BCUT2D eigenvalue weighted by Gasteiger charge is 2.42. The number of halogens is 1. The molecule has 1 heterocycles. The lowest BCUT2D eigenvalue weighted by molar-refractivity contribution is -0.174. The molecule has 0 N–H and O–H groups in total. The molecule has 0 atom stereocenters. The molecule has 122 valence electrons. The van der Waals surface area contributed by atoms with Crippen LogP contribution < -0.4 is 0 Å². The van der Waals surface area contributed by atoms with Crippen LogP contribution in [-0.2, 0) is 15.0 Å². The smallest absolute Gasteiger partial charge is 0.329 e. The van der Waals surface area contributed by atoms with Gasteiger partial charge in [-0.05, 0) is 43.7 Å². The van der Waals surface area contributed by atoms with Crippen LogP contribution in [0.2, 0.25) is 0 Å². The van der Waals surface area contributed by atoms with Crippen LogP contribution in [0.3, 0.4) is 0 Å². The molecule has 2 amide bonds. The molecule has 0 saturated heterocycles. The summed E-state index contributed by atoms with van der Waals surface area (Å²) in [6, 6.07) is 11.6. The van der Waals surface area contributed by atoms with Crippen molar-refractivity contribution in [3.05, 3.63) is 71.0 Å². The highest BCUT2D eigenvalue weighted by atomic mass is 19.1. The first-order valence-electron chi connectivity index (χ1n) is 7.28. The van der Waals surface area contributed by atoms with Crippen molar-refractivity contribution in [1.29, 1.82) is 0 Å². The summed E-state index contributed by atoms with van der Waals surface area (Å²) in [5.74, 6) is -2.58. The second-order valence-corrected chi connectivity index (χ2v) is 5.96. The number of rotatable bonds is 3. The third kappa shape index (κ3) is 2.46. The molecule has 1 aliphatic rings. The second-order valence-electron chi connectivity index (χ2n) is 5.96. The Balaban J connectivity index is 1.84. The number of fused-ring (bicyclic) bond motifs is 1. The molecule has 0 radical (unpaired) electrons. The largest absolute Gasteiger partial charge is 0.343 e. The number of benzene rings is 2. The second kappa shape index (κ2) is 5.56. The zero-order valence-corrected chi connectivity index (χ0v) is 13.1. The van der Waals surface area contributed by atoms with Crippen molar-refractivity contribution in [2.24, 2.45) is 0 Å². The molecule has 0 aromatic heterocycles. The van der Waals surface area contributed by atoms with Gasteiger partial charge < -0.3 is 4.84 Å². The molecule has 6 heteroatoms. The van der Waals surface area contributed by atoms with Gasteiger partial charge in [-0.2, -0.15) is 0 Å². The summed E-state index contributed by atoms with van der Waals surface area (Å²) in [6.45, 7) is 3.14. The molecule has 0 spiro atoms. The lowest BCUT2D eigenvalue weighted by Crippen LogP contribution is -2.40. The first-order valence-corrected chi connectivity index (χ1v) is 7.28. The third-order valence-electron chi connectivity index (χ3n) is 4.01. The Labute approximate surface area is 137 Å². The van der Waals surface area contributed by atoms with Gasteiger partial charge in [-0.15, -0.1) is 0 Å². The van der Waals surface area contributed by atoms with Gasteiger partial charge in [-0.3, -0.25) is 9.59 Å². The number of nitrogens with zero attached hydrogens (tertiary/aromatic N) is 1. The van der Waals surface area contributed by atoms with E-state index in [-0.39, 0.29) is 11.1 Å². The predicted molar refractivity (Wildman–Crippen MR) is 82.5 cm³/mol. The van der Waals surface area contributed by atoms with Gasteiger partial charge in [-0.25, -0.2) is 9.18 Å². The number of hydrogen-bond acceptors (Lipinski definition) is 4. The lowest BCUT2D eigenvalue weighted by Gasteiger charge is -2.24. The Bertz CT molecular complexity index is 807. The summed E-state index contributed by atoms with van der Waals surface area (Å²) >= 11 is 0. The van der Waals surface area contributed by atoms with Gasteiger partial charge in [0, 0.05) is 0 Å². The molecular formula is C18H14FNO4. The number of imide groups is 1. The van der Waals surface area contributed by atoms with Crippen molar-refractivity contribution in [1.82, 2.24) is 5.06 Å². The Morgan fingerprint density at radius 2 is 1.46 bits per heavy atom. The fourth-order valence-corrected chi connectivity index (χ4v) is 2.43. The quantitative estimate of drug-likeness (QED) is 0.813. The zero-order valence-electron chi connectivity index (χ0n) is 13.1. The number of amides is 2. The van der Waals surface area contributed by atoms with Gasteiger partial charge >= 0.3 is 5.97 Å². The molecule has 0 fully saturated rings. The number of hydroxylamine groups is 2. The van der Waals surface area contributed by atoms with Crippen LogP contribution in [-0.4, -0.2) is 22.8 Å². The molecule has 2 aromatic carbocycles. The van der Waals surface area contributed by atoms with Crippen molar-refractivity contribution in [3.63, 3.8) is 0 Å². The fourth-order valence-electron chi connectivity index (χ4n) is 2.43. The molecule has 0 unspecified atom stereocenters. The number of hydrogen-bond donors (Lipinski definition) is 0. The molecule has 24 heavy (non-hydrogen) atoms. The van der Waals surface area contributed by atoms with Crippen LogP contribution >= 0.6 is 0 Å². The van der Waals surface area contributed by atoms with Crippen LogP contribution in [0.25, 0.3) is 0 Å². The average Bonchev–Trinajstić information content (AvgIpc) is 2.80. The van der Waals surface area contributed by atoms with E-state index in [1.54, 1.807) is 26.0 Å². The van der Waals surface area contributed by atoms with E-state index in [4.69, 9.17) is 4.84 Å². The van der Waals surface area contributed by atoms with E-state index in [2.05, 4.69) is 0 Å². The fraction of sp³-hybridized carbons (Fsp3) is 0.167. The van der Waals surface area contributed by atoms with E-state index >= 15 is 0 Å². The highest BCUT2D eigenvalue weighted by molar-refractivity contribution is 6.21. The Kier molecular flexibility index (Phi) is 3.67. The van der Waals surface area contributed by atoms with Crippen molar-refractivity contribution < 1.29 is 23.6 Å². The van der Waals surface area contributed by atoms with Crippen LogP contribution in [0.1, 0.15) is 40.1 Å². The van der Waals surface area contributed by atoms with Gasteiger partial charge in [0.25, 0.3) is 11.8 Å². The van der Waals surface area contributed by atoms with Crippen LogP contribution in [0.5, 0.6) is 0 Å². The van der Waals surface area contributed by atoms with Crippen molar-refractivity contribution in [2.75, 3.05) is 0 Å². The summed E-state index contributed by atoms with van der Waals surface area (Å²) in [5.41, 5.74) is -0.279. The summed E-state index contributed by atoms with van der Waals surface area (Å²) in [5, 5.41) is 0.471. The molecule has 1 aliphatic heterocycles. The minimum Gasteiger partial charge on any atom is -0.329 e. The first-order chi connectivity index (χ1) is 11.3. The maximum atomic E-state index is 13.0. The Morgan fingerprint density at radius 1 is 0.958 bits per heavy atom. The van der Waals surface area contributed by atoms with Crippen molar-refractivity contribution >= 4 is 17.8 Å². The maximum Gasteiger partial charge on any atom is 0.343 e. The van der Waals surface area contributed by atoms with Crippen LogP contribution in [0.15, 0.2) is 48.5 Å². The molecule has 2 aromatic rings. The highest BCUT2D eigenvalue weighted by Crippen LogP contribution is 2.28. The summed E-state index contributed by atoms with van der Waals surface area (Å²) < 4.78 is 13.0. The predicted octanol–water partition coefficient (Wildman–Crippen LogP) is 2.86. The van der Waals surface area contributed by atoms with E-state index < -0.39 is 29.0 Å². The number of carbonyl (C=O) groups is 3. The lowest BCUT2D eigenvalue weighted by atomic mass is 9.85. The summed E-state index contributed by atoms with van der Waals surface area (Å²) in [6.07, 6.45) is 0.